The van der Waals surface area contributed by atoms with Gasteiger partial charge in [-0.3, -0.25) is 14.4 Å². The van der Waals surface area contributed by atoms with E-state index in [2.05, 4.69) is 25.9 Å². The number of rotatable bonds is 14. The number of carboxylic acid groups (broad SMARTS) is 1. The Morgan fingerprint density at radius 3 is 1.86 bits per heavy atom. The van der Waals surface area contributed by atoms with E-state index in [1.807, 2.05) is 55.5 Å². The number of nitrogens with one attached hydrogen (secondary N) is 5. The van der Waals surface area contributed by atoms with Gasteiger partial charge in [-0.2, -0.15) is 0 Å². The lowest BCUT2D eigenvalue weighted by Crippen LogP contribution is -2.59. The van der Waals surface area contributed by atoms with Crippen molar-refractivity contribution >= 4 is 45.5 Å². The maximum absolute atomic E-state index is 13.7. The van der Waals surface area contributed by atoms with E-state index in [0.29, 0.717) is 6.42 Å². The van der Waals surface area contributed by atoms with Gasteiger partial charge in [0, 0.05) is 40.6 Å². The third-order valence-electron chi connectivity index (χ3n) is 7.77. The largest absolute Gasteiger partial charge is 0.480 e. The van der Waals surface area contributed by atoms with Crippen LogP contribution < -0.4 is 21.7 Å². The van der Waals surface area contributed by atoms with Crippen LogP contribution >= 0.6 is 0 Å². The minimum atomic E-state index is -1.55. The molecule has 2 aromatic heterocycles. The van der Waals surface area contributed by atoms with Gasteiger partial charge in [-0.25, -0.2) is 4.79 Å². The van der Waals surface area contributed by atoms with Crippen LogP contribution in [-0.2, 0) is 32.0 Å². The number of aliphatic hydroxyl groups is 1. The van der Waals surface area contributed by atoms with Crippen molar-refractivity contribution in [1.29, 1.82) is 0 Å². The predicted octanol–water partition coefficient (Wildman–Crippen LogP) is 1.34. The van der Waals surface area contributed by atoms with Gasteiger partial charge in [-0.1, -0.05) is 56.7 Å². The van der Waals surface area contributed by atoms with E-state index in [1.54, 1.807) is 19.3 Å². The molecule has 9 N–H and O–H groups in total. The molecule has 5 unspecified atom stereocenters. The van der Waals surface area contributed by atoms with E-state index < -0.39 is 54.5 Å². The highest BCUT2D eigenvalue weighted by molar-refractivity contribution is 5.95. The van der Waals surface area contributed by atoms with Gasteiger partial charge in [0.15, 0.2) is 0 Å². The number of carbonyl (C=O) groups is 4. The molecule has 228 valence electrons. The highest BCUT2D eigenvalue weighted by atomic mass is 16.4. The second kappa shape index (κ2) is 14.0. The molecule has 0 aliphatic carbocycles. The topological polar surface area (TPSA) is 202 Å². The first-order valence-electron chi connectivity index (χ1n) is 14.2. The number of aromatic nitrogens is 2. The quantitative estimate of drug-likeness (QED) is 0.108. The Morgan fingerprint density at radius 1 is 0.791 bits per heavy atom. The average Bonchev–Trinajstić information content (AvgIpc) is 3.61. The fourth-order valence-electron chi connectivity index (χ4n) is 5.04. The Labute approximate surface area is 248 Å². The Bertz CT molecular complexity index is 1600. The average molecular weight is 591 g/mol. The van der Waals surface area contributed by atoms with Gasteiger partial charge in [0.05, 0.1) is 12.6 Å². The lowest BCUT2D eigenvalue weighted by molar-refractivity contribution is -0.143. The van der Waals surface area contributed by atoms with E-state index in [-0.39, 0.29) is 18.8 Å². The molecular weight excluding hydrogens is 552 g/mol. The van der Waals surface area contributed by atoms with Crippen LogP contribution in [0.1, 0.15) is 31.4 Å². The third kappa shape index (κ3) is 7.40. The first kappa shape index (κ1) is 31.3. The molecule has 2 heterocycles. The summed E-state index contributed by atoms with van der Waals surface area (Å²) in [5.41, 5.74) is 9.62. The van der Waals surface area contributed by atoms with Crippen LogP contribution in [0.2, 0.25) is 0 Å². The Balaban J connectivity index is 1.52. The summed E-state index contributed by atoms with van der Waals surface area (Å²) in [4.78, 5) is 57.9. The molecule has 5 atom stereocenters. The zero-order valence-corrected chi connectivity index (χ0v) is 24.1. The molecule has 0 saturated heterocycles. The fraction of sp³-hybridized carbons (Fsp3) is 0.355. The number of hydrogen-bond acceptors (Lipinski definition) is 6. The maximum atomic E-state index is 13.7. The van der Waals surface area contributed by atoms with Crippen molar-refractivity contribution < 1.29 is 29.4 Å². The molecule has 0 fully saturated rings. The molecule has 43 heavy (non-hydrogen) atoms. The summed E-state index contributed by atoms with van der Waals surface area (Å²) in [5, 5.41) is 28.4. The molecule has 0 bridgehead atoms. The summed E-state index contributed by atoms with van der Waals surface area (Å²) in [6, 6.07) is 10.4. The van der Waals surface area contributed by atoms with Crippen LogP contribution in [0.4, 0.5) is 0 Å². The number of aromatic amines is 2. The number of aliphatic carboxylic acids is 1. The van der Waals surface area contributed by atoms with Gasteiger partial charge in [-0.15, -0.1) is 0 Å². The molecule has 12 heteroatoms. The number of amides is 3. The summed E-state index contributed by atoms with van der Waals surface area (Å²) in [7, 11) is 0. The van der Waals surface area contributed by atoms with Crippen LogP contribution in [0, 0.1) is 5.92 Å². The van der Waals surface area contributed by atoms with Gasteiger partial charge in [0.1, 0.15) is 18.1 Å². The monoisotopic (exact) mass is 590 g/mol. The molecule has 0 radical (unpaired) electrons. The molecule has 2 aromatic carbocycles. The van der Waals surface area contributed by atoms with Gasteiger partial charge in [0.2, 0.25) is 17.7 Å². The standard InChI is InChI=1S/C31H38N6O6/c1-3-17(2)27(37-28(39)22(32)12-18-14-33-23-10-6-4-8-20(18)23)30(41)35-25(29(40)36-26(16-38)31(42)43)13-19-15-34-24-11-7-5-9-21(19)24/h4-11,14-15,17,22,25-27,33-34,38H,3,12-13,16,32H2,1-2H3,(H,35,41)(H,36,40)(H,37,39)(H,42,43). The number of carbonyl (C=O) groups excluding carboxylic acids is 3. The number of aliphatic hydroxyl groups excluding tert-OH is 1. The normalized spacial score (nSPS) is 14.9. The molecule has 0 aliphatic heterocycles. The number of benzene rings is 2. The summed E-state index contributed by atoms with van der Waals surface area (Å²) in [6.45, 7) is 2.85. The van der Waals surface area contributed by atoms with Crippen LogP contribution in [0.15, 0.2) is 60.9 Å². The SMILES string of the molecule is CCC(C)C(NC(=O)C(N)Cc1c[nH]c2ccccc12)C(=O)NC(Cc1c[nH]c2ccccc12)C(=O)NC(CO)C(=O)O. The molecule has 0 spiro atoms. The molecule has 12 nitrogen and oxygen atoms in total. The summed E-state index contributed by atoms with van der Waals surface area (Å²) < 4.78 is 0. The maximum Gasteiger partial charge on any atom is 0.328 e. The number of hydrogen-bond donors (Lipinski definition) is 8. The van der Waals surface area contributed by atoms with Crippen molar-refractivity contribution in [3.8, 4) is 0 Å². The molecular formula is C31H38N6O6. The number of H-pyrrole nitrogens is 2. The van der Waals surface area contributed by atoms with Crippen molar-refractivity contribution in [2.45, 2.75) is 57.3 Å². The zero-order chi connectivity index (χ0) is 31.1. The fourth-order valence-corrected chi connectivity index (χ4v) is 5.04. The second-order valence-electron chi connectivity index (χ2n) is 10.7. The van der Waals surface area contributed by atoms with Crippen molar-refractivity contribution in [2.24, 2.45) is 11.7 Å². The first-order chi connectivity index (χ1) is 20.6. The van der Waals surface area contributed by atoms with Gasteiger partial charge in [-0.05, 0) is 35.6 Å². The van der Waals surface area contributed by atoms with Crippen LogP contribution in [0.3, 0.4) is 0 Å². The Hall–Kier alpha value is -4.68. The minimum absolute atomic E-state index is 0.0284. The molecule has 4 rings (SSSR count). The molecule has 0 saturated carbocycles. The van der Waals surface area contributed by atoms with Crippen LogP contribution in [-0.4, -0.2) is 74.6 Å². The van der Waals surface area contributed by atoms with Crippen molar-refractivity contribution in [3.05, 3.63) is 72.1 Å². The minimum Gasteiger partial charge on any atom is -0.480 e. The van der Waals surface area contributed by atoms with E-state index in [0.717, 1.165) is 32.9 Å². The molecule has 4 aromatic rings. The predicted molar refractivity (Wildman–Crippen MR) is 162 cm³/mol. The van der Waals surface area contributed by atoms with Crippen LogP contribution in [0.5, 0.6) is 0 Å². The van der Waals surface area contributed by atoms with Gasteiger partial charge in [0.25, 0.3) is 0 Å². The van der Waals surface area contributed by atoms with Gasteiger partial charge >= 0.3 is 5.97 Å². The summed E-state index contributed by atoms with van der Waals surface area (Å²) in [6.07, 6.45) is 4.34. The van der Waals surface area contributed by atoms with E-state index in [1.165, 1.54) is 0 Å². The van der Waals surface area contributed by atoms with E-state index >= 15 is 0 Å². The molecule has 3 amide bonds. The van der Waals surface area contributed by atoms with Gasteiger partial charge < -0.3 is 41.9 Å². The summed E-state index contributed by atoms with van der Waals surface area (Å²) >= 11 is 0. The zero-order valence-electron chi connectivity index (χ0n) is 24.1. The highest BCUT2D eigenvalue weighted by Crippen LogP contribution is 2.21. The highest BCUT2D eigenvalue weighted by Gasteiger charge is 2.33. The van der Waals surface area contributed by atoms with Crippen LogP contribution in [0.25, 0.3) is 21.8 Å². The first-order valence-corrected chi connectivity index (χ1v) is 14.2. The summed E-state index contributed by atoms with van der Waals surface area (Å²) in [5.74, 6) is -3.65. The molecule has 0 aliphatic rings. The lowest BCUT2D eigenvalue weighted by atomic mass is 9.96. The van der Waals surface area contributed by atoms with Crippen molar-refractivity contribution in [1.82, 2.24) is 25.9 Å². The van der Waals surface area contributed by atoms with E-state index in [9.17, 15) is 29.4 Å². The number of fused-ring (bicyclic) bond motifs is 2. The number of nitrogens with two attached hydrogens (primary N) is 1. The third-order valence-corrected chi connectivity index (χ3v) is 7.77. The van der Waals surface area contributed by atoms with Crippen molar-refractivity contribution in [3.63, 3.8) is 0 Å². The Kier molecular flexibility index (Phi) is 10.2. The van der Waals surface area contributed by atoms with E-state index in [4.69, 9.17) is 5.73 Å². The second-order valence-corrected chi connectivity index (χ2v) is 10.7. The number of para-hydroxylation sites is 2. The Morgan fingerprint density at radius 2 is 1.33 bits per heavy atom. The van der Waals surface area contributed by atoms with Crippen molar-refractivity contribution in [2.75, 3.05) is 6.61 Å². The number of carboxylic acids is 1. The smallest absolute Gasteiger partial charge is 0.328 e. The lowest BCUT2D eigenvalue weighted by Gasteiger charge is -2.28.